The summed E-state index contributed by atoms with van der Waals surface area (Å²) in [6.07, 6.45) is 2.39. The molecule has 0 saturated heterocycles. The van der Waals surface area contributed by atoms with Gasteiger partial charge in [-0.2, -0.15) is 0 Å². The molecule has 1 N–H and O–H groups in total. The maximum absolute atomic E-state index is 12.0. The molecule has 122 valence electrons. The number of carbonyl (C=O) groups excluding carboxylic acids is 2. The summed E-state index contributed by atoms with van der Waals surface area (Å²) in [4.78, 5) is 23.9. The monoisotopic (exact) mass is 345 g/mol. The molecule has 0 aliphatic rings. The minimum absolute atomic E-state index is 0.135. The van der Waals surface area contributed by atoms with E-state index in [1.54, 1.807) is 18.2 Å². The lowest BCUT2D eigenvalue weighted by Gasteiger charge is -2.16. The van der Waals surface area contributed by atoms with E-state index in [0.29, 0.717) is 23.1 Å². The van der Waals surface area contributed by atoms with Crippen LogP contribution in [0.2, 0.25) is 10.0 Å². The van der Waals surface area contributed by atoms with Crippen molar-refractivity contribution < 1.29 is 14.3 Å². The number of esters is 1. The van der Waals surface area contributed by atoms with Crippen molar-refractivity contribution in [3.05, 3.63) is 33.8 Å². The number of hydrogen-bond donors (Lipinski definition) is 1. The lowest BCUT2D eigenvalue weighted by atomic mass is 10.1. The predicted octanol–water partition coefficient (Wildman–Crippen LogP) is 3.77. The number of nitrogens with one attached hydrogen (secondary N) is 1. The average molecular weight is 346 g/mol. The Kier molecular flexibility index (Phi) is 8.28. The fraction of sp³-hybridized carbons (Fsp3) is 0.500. The summed E-state index contributed by atoms with van der Waals surface area (Å²) < 4.78 is 5.13. The first-order chi connectivity index (χ1) is 10.5. The van der Waals surface area contributed by atoms with Crippen LogP contribution >= 0.6 is 23.2 Å². The second kappa shape index (κ2) is 9.70. The molecule has 1 amide bonds. The maximum atomic E-state index is 12.0. The van der Waals surface area contributed by atoms with Crippen molar-refractivity contribution in [1.29, 1.82) is 0 Å². The van der Waals surface area contributed by atoms with Gasteiger partial charge in [-0.15, -0.1) is 0 Å². The summed E-state index contributed by atoms with van der Waals surface area (Å²) in [6.45, 7) is 4.23. The number of halogens is 2. The van der Waals surface area contributed by atoms with Gasteiger partial charge in [0.15, 0.2) is 0 Å². The summed E-state index contributed by atoms with van der Waals surface area (Å²) >= 11 is 11.7. The van der Waals surface area contributed by atoms with Crippen LogP contribution in [-0.4, -0.2) is 24.5 Å². The van der Waals surface area contributed by atoms with E-state index in [9.17, 15) is 9.59 Å². The number of unbranched alkanes of at least 4 members (excludes halogenated alkanes) is 1. The zero-order valence-corrected chi connectivity index (χ0v) is 14.3. The van der Waals surface area contributed by atoms with Crippen LogP contribution in [0.3, 0.4) is 0 Å². The first kappa shape index (κ1) is 18.8. The minimum Gasteiger partial charge on any atom is -0.464 e. The van der Waals surface area contributed by atoms with Crippen LogP contribution in [0.5, 0.6) is 0 Å². The van der Waals surface area contributed by atoms with Gasteiger partial charge in [-0.25, -0.2) is 4.79 Å². The van der Waals surface area contributed by atoms with E-state index in [0.717, 1.165) is 18.4 Å². The molecule has 0 fully saturated rings. The molecule has 1 atom stereocenters. The van der Waals surface area contributed by atoms with Crippen molar-refractivity contribution in [2.45, 2.75) is 45.6 Å². The zero-order chi connectivity index (χ0) is 16.5. The van der Waals surface area contributed by atoms with E-state index in [4.69, 9.17) is 27.9 Å². The van der Waals surface area contributed by atoms with Crippen molar-refractivity contribution in [2.24, 2.45) is 0 Å². The fourth-order valence-electron chi connectivity index (χ4n) is 1.83. The molecule has 0 spiro atoms. The van der Waals surface area contributed by atoms with Gasteiger partial charge in [-0.05, 0) is 30.5 Å². The number of amides is 1. The molecule has 0 saturated carbocycles. The number of hydrogen-bond acceptors (Lipinski definition) is 3. The van der Waals surface area contributed by atoms with E-state index in [1.165, 1.54) is 0 Å². The maximum Gasteiger partial charge on any atom is 0.328 e. The minimum atomic E-state index is -0.618. The van der Waals surface area contributed by atoms with Gasteiger partial charge >= 0.3 is 5.97 Å². The Morgan fingerprint density at radius 1 is 1.23 bits per heavy atom. The first-order valence-corrected chi connectivity index (χ1v) is 8.13. The highest BCUT2D eigenvalue weighted by molar-refractivity contribution is 6.42. The van der Waals surface area contributed by atoms with Gasteiger partial charge < -0.3 is 10.1 Å². The highest BCUT2D eigenvalue weighted by Gasteiger charge is 2.20. The smallest absolute Gasteiger partial charge is 0.328 e. The molecule has 0 heterocycles. The topological polar surface area (TPSA) is 55.4 Å². The summed E-state index contributed by atoms with van der Waals surface area (Å²) in [5.41, 5.74) is 0.737. The normalized spacial score (nSPS) is 11.8. The van der Waals surface area contributed by atoms with Crippen molar-refractivity contribution in [3.8, 4) is 0 Å². The van der Waals surface area contributed by atoms with Crippen LogP contribution in [0.4, 0.5) is 0 Å². The van der Waals surface area contributed by atoms with Crippen molar-refractivity contribution in [1.82, 2.24) is 5.32 Å². The number of benzene rings is 1. The van der Waals surface area contributed by atoms with Crippen LogP contribution < -0.4 is 5.32 Å². The molecule has 0 aliphatic carbocycles. The third-order valence-electron chi connectivity index (χ3n) is 3.12. The molecular weight excluding hydrogens is 325 g/mol. The Morgan fingerprint density at radius 2 is 1.95 bits per heavy atom. The van der Waals surface area contributed by atoms with Gasteiger partial charge in [0, 0.05) is 0 Å². The van der Waals surface area contributed by atoms with Gasteiger partial charge in [0.25, 0.3) is 0 Å². The zero-order valence-electron chi connectivity index (χ0n) is 12.8. The van der Waals surface area contributed by atoms with Crippen LogP contribution in [0.1, 0.15) is 38.7 Å². The van der Waals surface area contributed by atoms with Crippen LogP contribution in [0, 0.1) is 0 Å². The summed E-state index contributed by atoms with van der Waals surface area (Å²) in [5.74, 6) is -0.642. The molecule has 0 aliphatic heterocycles. The molecule has 0 bridgehead atoms. The third-order valence-corrected chi connectivity index (χ3v) is 3.86. The number of carbonyl (C=O) groups is 2. The average Bonchev–Trinajstić information content (AvgIpc) is 2.48. The molecule has 0 radical (unpaired) electrons. The lowest BCUT2D eigenvalue weighted by molar-refractivity contribution is -0.148. The Balaban J connectivity index is 2.53. The molecule has 1 aromatic carbocycles. The number of rotatable bonds is 8. The van der Waals surface area contributed by atoms with Gasteiger partial charge in [-0.3, -0.25) is 4.79 Å². The molecule has 1 unspecified atom stereocenters. The van der Waals surface area contributed by atoms with E-state index >= 15 is 0 Å². The Hall–Kier alpha value is -1.26. The van der Waals surface area contributed by atoms with Gasteiger partial charge in [0.05, 0.1) is 23.1 Å². The van der Waals surface area contributed by atoms with E-state index in [2.05, 4.69) is 5.32 Å². The Bertz CT molecular complexity index is 520. The largest absolute Gasteiger partial charge is 0.464 e. The molecule has 22 heavy (non-hydrogen) atoms. The van der Waals surface area contributed by atoms with Crippen LogP contribution in [0.15, 0.2) is 18.2 Å². The summed E-state index contributed by atoms with van der Waals surface area (Å²) in [7, 11) is 0. The molecule has 0 aromatic heterocycles. The molecule has 1 aromatic rings. The second-order valence-electron chi connectivity index (χ2n) is 4.97. The van der Waals surface area contributed by atoms with Gasteiger partial charge in [0.2, 0.25) is 5.91 Å². The van der Waals surface area contributed by atoms with Gasteiger partial charge in [0.1, 0.15) is 6.04 Å². The van der Waals surface area contributed by atoms with Crippen molar-refractivity contribution >= 4 is 35.1 Å². The van der Waals surface area contributed by atoms with Crippen LogP contribution in [0.25, 0.3) is 0 Å². The quantitative estimate of drug-likeness (QED) is 0.576. The van der Waals surface area contributed by atoms with Crippen LogP contribution in [-0.2, 0) is 20.7 Å². The SMILES string of the molecule is CCCCOC(=O)C(CC)NC(=O)Cc1ccc(Cl)c(Cl)c1. The Labute approximate surface area is 141 Å². The number of ether oxygens (including phenoxy) is 1. The summed E-state index contributed by atoms with van der Waals surface area (Å²) in [6, 6.07) is 4.40. The predicted molar refractivity (Wildman–Crippen MR) is 88.3 cm³/mol. The standard InChI is InChI=1S/C16H21Cl2NO3/c1-3-5-8-22-16(21)14(4-2)19-15(20)10-11-6-7-12(17)13(18)9-11/h6-7,9,14H,3-5,8,10H2,1-2H3,(H,19,20). The van der Waals surface area contributed by atoms with Gasteiger partial charge in [-0.1, -0.05) is 49.5 Å². The van der Waals surface area contributed by atoms with E-state index in [-0.39, 0.29) is 12.3 Å². The molecular formula is C16H21Cl2NO3. The summed E-state index contributed by atoms with van der Waals surface area (Å²) in [5, 5.41) is 3.53. The lowest BCUT2D eigenvalue weighted by Crippen LogP contribution is -2.42. The van der Waals surface area contributed by atoms with E-state index in [1.807, 2.05) is 13.8 Å². The van der Waals surface area contributed by atoms with Crippen molar-refractivity contribution in [3.63, 3.8) is 0 Å². The highest BCUT2D eigenvalue weighted by Crippen LogP contribution is 2.22. The fourth-order valence-corrected chi connectivity index (χ4v) is 2.15. The Morgan fingerprint density at radius 3 is 2.55 bits per heavy atom. The molecule has 4 nitrogen and oxygen atoms in total. The first-order valence-electron chi connectivity index (χ1n) is 7.37. The highest BCUT2D eigenvalue weighted by atomic mass is 35.5. The molecule has 1 rings (SSSR count). The third kappa shape index (κ3) is 6.24. The van der Waals surface area contributed by atoms with E-state index < -0.39 is 12.0 Å². The second-order valence-corrected chi connectivity index (χ2v) is 5.79. The molecule has 6 heteroatoms. The van der Waals surface area contributed by atoms with Crippen molar-refractivity contribution in [2.75, 3.05) is 6.61 Å².